The lowest BCUT2D eigenvalue weighted by atomic mass is 10.3. The summed E-state index contributed by atoms with van der Waals surface area (Å²) in [6, 6.07) is 6.68. The first-order valence-corrected chi connectivity index (χ1v) is 8.06. The van der Waals surface area contributed by atoms with Gasteiger partial charge in [-0.1, -0.05) is 12.1 Å². The van der Waals surface area contributed by atoms with E-state index >= 15 is 0 Å². The van der Waals surface area contributed by atoms with Gasteiger partial charge in [0.2, 0.25) is 10.0 Å². The summed E-state index contributed by atoms with van der Waals surface area (Å²) in [4.78, 5) is 8.25. The summed E-state index contributed by atoms with van der Waals surface area (Å²) in [5, 5.41) is 0. The van der Waals surface area contributed by atoms with E-state index in [1.165, 1.54) is 10.6 Å². The Hall–Kier alpha value is -1.99. The second kappa shape index (κ2) is 5.42. The van der Waals surface area contributed by atoms with Crippen LogP contribution in [0.1, 0.15) is 18.2 Å². The first-order valence-electron chi connectivity index (χ1n) is 6.62. The molecule has 21 heavy (non-hydrogen) atoms. The van der Waals surface area contributed by atoms with Crippen LogP contribution in [0.4, 0.5) is 0 Å². The third-order valence-electron chi connectivity index (χ3n) is 3.32. The van der Waals surface area contributed by atoms with Crippen molar-refractivity contribution >= 4 is 10.0 Å². The average molecular weight is 305 g/mol. The molecule has 6 nitrogen and oxygen atoms in total. The highest BCUT2D eigenvalue weighted by molar-refractivity contribution is 7.89. The van der Waals surface area contributed by atoms with E-state index in [2.05, 4.69) is 9.97 Å². The summed E-state index contributed by atoms with van der Waals surface area (Å²) in [7, 11) is -3.62. The van der Waals surface area contributed by atoms with Crippen LogP contribution in [0.5, 0.6) is 5.75 Å². The molecule has 2 heterocycles. The fourth-order valence-electron chi connectivity index (χ4n) is 2.32. The Bertz CT molecular complexity index is 737. The molecule has 2 aromatic rings. The van der Waals surface area contributed by atoms with Gasteiger partial charge in [-0.25, -0.2) is 18.4 Å². The Morgan fingerprint density at radius 3 is 2.86 bits per heavy atom. The fourth-order valence-corrected chi connectivity index (χ4v) is 3.83. The number of nitrogens with zero attached hydrogens (tertiary/aromatic N) is 3. The van der Waals surface area contributed by atoms with Gasteiger partial charge in [0.15, 0.2) is 0 Å². The van der Waals surface area contributed by atoms with Crippen molar-refractivity contribution in [2.75, 3.05) is 6.61 Å². The maximum atomic E-state index is 12.8. The van der Waals surface area contributed by atoms with E-state index in [1.807, 2.05) is 6.92 Å². The van der Waals surface area contributed by atoms with E-state index in [9.17, 15) is 8.42 Å². The van der Waals surface area contributed by atoms with Crippen molar-refractivity contribution in [2.45, 2.75) is 24.9 Å². The normalized spacial score (nSPS) is 14.9. The summed E-state index contributed by atoms with van der Waals surface area (Å²) < 4.78 is 32.4. The molecule has 0 bridgehead atoms. The van der Waals surface area contributed by atoms with Crippen LogP contribution in [-0.2, 0) is 23.1 Å². The van der Waals surface area contributed by atoms with Crippen LogP contribution < -0.4 is 4.74 Å². The van der Waals surface area contributed by atoms with Gasteiger partial charge in [-0.3, -0.25) is 0 Å². The predicted molar refractivity (Wildman–Crippen MR) is 76.1 cm³/mol. The van der Waals surface area contributed by atoms with E-state index in [0.717, 1.165) is 11.3 Å². The third-order valence-corrected chi connectivity index (χ3v) is 5.15. The highest BCUT2D eigenvalue weighted by Crippen LogP contribution is 2.31. The summed E-state index contributed by atoms with van der Waals surface area (Å²) in [5.41, 5.74) is 1.59. The largest absolute Gasteiger partial charge is 0.492 e. The number of hydrogen-bond acceptors (Lipinski definition) is 5. The van der Waals surface area contributed by atoms with E-state index in [1.54, 1.807) is 30.5 Å². The summed E-state index contributed by atoms with van der Waals surface area (Å²) in [5.74, 6) is 0.377. The number of rotatable bonds is 4. The molecular formula is C14H15N3O3S. The van der Waals surface area contributed by atoms with E-state index < -0.39 is 10.0 Å². The monoisotopic (exact) mass is 305 g/mol. The van der Waals surface area contributed by atoms with E-state index in [4.69, 9.17) is 4.74 Å². The lowest BCUT2D eigenvalue weighted by Gasteiger charge is -2.17. The fraction of sp³-hybridized carbons (Fsp3) is 0.286. The topological polar surface area (TPSA) is 72.4 Å². The maximum absolute atomic E-state index is 12.8. The Morgan fingerprint density at radius 1 is 1.29 bits per heavy atom. The summed E-state index contributed by atoms with van der Waals surface area (Å²) in [6.07, 6.45) is 3.09. The molecule has 7 heteroatoms. The average Bonchev–Trinajstić information content (AvgIpc) is 2.93. The molecule has 0 aliphatic carbocycles. The van der Waals surface area contributed by atoms with Gasteiger partial charge in [0, 0.05) is 18.3 Å². The minimum Gasteiger partial charge on any atom is -0.492 e. The third kappa shape index (κ3) is 2.50. The molecule has 1 aromatic carbocycles. The van der Waals surface area contributed by atoms with Gasteiger partial charge in [-0.05, 0) is 19.1 Å². The van der Waals surface area contributed by atoms with Crippen molar-refractivity contribution in [2.24, 2.45) is 0 Å². The molecule has 0 saturated heterocycles. The van der Waals surface area contributed by atoms with Crippen LogP contribution in [-0.4, -0.2) is 29.3 Å². The lowest BCUT2D eigenvalue weighted by Crippen LogP contribution is -2.26. The number of para-hydroxylation sites is 1. The molecule has 110 valence electrons. The van der Waals surface area contributed by atoms with Crippen molar-refractivity contribution in [1.29, 1.82) is 0 Å². The SMILES string of the molecule is CCOc1ccccc1S(=O)(=O)N1Cc2cncnc2C1. The highest BCUT2D eigenvalue weighted by atomic mass is 32.2. The van der Waals surface area contributed by atoms with Gasteiger partial charge < -0.3 is 4.74 Å². The maximum Gasteiger partial charge on any atom is 0.247 e. The number of aromatic nitrogens is 2. The quantitative estimate of drug-likeness (QED) is 0.857. The second-order valence-electron chi connectivity index (χ2n) is 4.65. The molecular weight excluding hydrogens is 290 g/mol. The zero-order valence-corrected chi connectivity index (χ0v) is 12.4. The number of hydrogen-bond donors (Lipinski definition) is 0. The Balaban J connectivity index is 1.96. The first-order chi connectivity index (χ1) is 10.1. The second-order valence-corrected chi connectivity index (χ2v) is 6.55. The molecule has 1 aliphatic rings. The molecule has 0 atom stereocenters. The lowest BCUT2D eigenvalue weighted by molar-refractivity contribution is 0.328. The van der Waals surface area contributed by atoms with Gasteiger partial charge in [-0.2, -0.15) is 4.31 Å². The van der Waals surface area contributed by atoms with Gasteiger partial charge >= 0.3 is 0 Å². The zero-order valence-electron chi connectivity index (χ0n) is 11.6. The predicted octanol–water partition coefficient (Wildman–Crippen LogP) is 1.58. The molecule has 0 saturated carbocycles. The van der Waals surface area contributed by atoms with Gasteiger partial charge in [0.25, 0.3) is 0 Å². The molecule has 0 spiro atoms. The van der Waals surface area contributed by atoms with E-state index in [0.29, 0.717) is 18.9 Å². The van der Waals surface area contributed by atoms with Crippen LogP contribution >= 0.6 is 0 Å². The number of sulfonamides is 1. The summed E-state index contributed by atoms with van der Waals surface area (Å²) in [6.45, 7) is 2.79. The van der Waals surface area contributed by atoms with E-state index in [-0.39, 0.29) is 11.4 Å². The zero-order chi connectivity index (χ0) is 14.9. The number of benzene rings is 1. The van der Waals surface area contributed by atoms with Gasteiger partial charge in [0.05, 0.1) is 18.8 Å². The Kier molecular flexibility index (Phi) is 3.60. The Labute approximate surface area is 123 Å². The van der Waals surface area contributed by atoms with Crippen LogP contribution in [0.25, 0.3) is 0 Å². The first kappa shape index (κ1) is 14.0. The molecule has 1 aliphatic heterocycles. The van der Waals surface area contributed by atoms with Crippen molar-refractivity contribution < 1.29 is 13.2 Å². The van der Waals surface area contributed by atoms with Crippen molar-refractivity contribution in [1.82, 2.24) is 14.3 Å². The van der Waals surface area contributed by atoms with Crippen LogP contribution in [0.2, 0.25) is 0 Å². The van der Waals surface area contributed by atoms with Crippen LogP contribution in [0.3, 0.4) is 0 Å². The molecule has 0 unspecified atom stereocenters. The molecule has 0 amide bonds. The molecule has 0 N–H and O–H groups in total. The van der Waals surface area contributed by atoms with Crippen LogP contribution in [0, 0.1) is 0 Å². The summed E-state index contributed by atoms with van der Waals surface area (Å²) >= 11 is 0. The minimum atomic E-state index is -3.62. The van der Waals surface area contributed by atoms with Gasteiger partial charge in [0.1, 0.15) is 17.0 Å². The molecule has 3 rings (SSSR count). The van der Waals surface area contributed by atoms with Crippen LogP contribution in [0.15, 0.2) is 41.7 Å². The van der Waals surface area contributed by atoms with Crippen molar-refractivity contribution in [3.8, 4) is 5.75 Å². The standard InChI is InChI=1S/C14H15N3O3S/c1-2-20-13-5-3-4-6-14(13)21(18,19)17-8-11-7-15-10-16-12(11)9-17/h3-7,10H,2,8-9H2,1H3. The molecule has 0 radical (unpaired) electrons. The van der Waals surface area contributed by atoms with Crippen molar-refractivity contribution in [3.05, 3.63) is 48.0 Å². The number of ether oxygens (including phenoxy) is 1. The molecule has 1 aromatic heterocycles. The van der Waals surface area contributed by atoms with Gasteiger partial charge in [-0.15, -0.1) is 0 Å². The Morgan fingerprint density at radius 2 is 2.10 bits per heavy atom. The molecule has 0 fully saturated rings. The minimum absolute atomic E-state index is 0.188. The smallest absolute Gasteiger partial charge is 0.247 e. The number of fused-ring (bicyclic) bond motifs is 1. The highest BCUT2D eigenvalue weighted by Gasteiger charge is 2.33. The van der Waals surface area contributed by atoms with Crippen molar-refractivity contribution in [3.63, 3.8) is 0 Å².